The molecule has 0 aliphatic heterocycles. The Balaban J connectivity index is 1.74. The van der Waals surface area contributed by atoms with Gasteiger partial charge in [0.15, 0.2) is 9.84 Å². The van der Waals surface area contributed by atoms with Crippen molar-refractivity contribution in [1.82, 2.24) is 4.90 Å². The van der Waals surface area contributed by atoms with Gasteiger partial charge in [-0.1, -0.05) is 28.1 Å². The van der Waals surface area contributed by atoms with Gasteiger partial charge in [0, 0.05) is 24.3 Å². The molecule has 1 fully saturated rings. The Morgan fingerprint density at radius 3 is 2.35 bits per heavy atom. The van der Waals surface area contributed by atoms with E-state index in [4.69, 9.17) is 14.2 Å². The first-order chi connectivity index (χ1) is 17.3. The fourth-order valence-electron chi connectivity index (χ4n) is 3.56. The van der Waals surface area contributed by atoms with E-state index in [1.54, 1.807) is 26.8 Å². The molecule has 0 radical (unpaired) electrons. The Morgan fingerprint density at radius 2 is 1.78 bits per heavy atom. The molecule has 3 rings (SSSR count). The van der Waals surface area contributed by atoms with Crippen LogP contribution in [0.5, 0.6) is 0 Å². The third-order valence-corrected chi connectivity index (χ3v) is 8.47. The van der Waals surface area contributed by atoms with Gasteiger partial charge in [-0.05, 0) is 75.1 Å². The van der Waals surface area contributed by atoms with Crippen molar-refractivity contribution >= 4 is 43.6 Å². The first kappa shape index (κ1) is 28.9. The molecule has 1 atom stereocenters. The van der Waals surface area contributed by atoms with Crippen LogP contribution in [0.1, 0.15) is 50.8 Å². The van der Waals surface area contributed by atoms with E-state index >= 15 is 0 Å². The molecule has 1 saturated carbocycles. The number of hydrogen-bond donors (Lipinski definition) is 1. The lowest BCUT2D eigenvalue weighted by molar-refractivity contribution is 0.0283. The van der Waals surface area contributed by atoms with E-state index in [-0.39, 0.29) is 18.0 Å². The van der Waals surface area contributed by atoms with Gasteiger partial charge in [-0.3, -0.25) is 5.32 Å². The molecule has 0 heterocycles. The highest BCUT2D eigenvalue weighted by Gasteiger charge is 2.38. The molecule has 37 heavy (non-hydrogen) atoms. The number of amides is 2. The predicted molar refractivity (Wildman–Crippen MR) is 143 cm³/mol. The van der Waals surface area contributed by atoms with Crippen LogP contribution in [-0.2, 0) is 30.6 Å². The maximum absolute atomic E-state index is 13.0. The predicted octanol–water partition coefficient (Wildman–Crippen LogP) is 5.69. The Kier molecular flexibility index (Phi) is 9.25. The fraction of sp³-hybridized carbons (Fsp3) is 0.462. The first-order valence-corrected chi connectivity index (χ1v) is 14.2. The van der Waals surface area contributed by atoms with E-state index in [9.17, 15) is 18.0 Å². The zero-order valence-electron chi connectivity index (χ0n) is 21.6. The lowest BCUT2D eigenvalue weighted by atomic mass is 10.1. The van der Waals surface area contributed by atoms with E-state index < -0.39 is 39.0 Å². The zero-order valence-corrected chi connectivity index (χ0v) is 24.0. The number of anilines is 1. The van der Waals surface area contributed by atoms with Crippen molar-refractivity contribution in [3.8, 4) is 0 Å². The van der Waals surface area contributed by atoms with E-state index in [0.29, 0.717) is 24.1 Å². The molecule has 9 nitrogen and oxygen atoms in total. The van der Waals surface area contributed by atoms with E-state index in [1.807, 2.05) is 24.3 Å². The van der Waals surface area contributed by atoms with E-state index in [1.165, 1.54) is 31.2 Å². The summed E-state index contributed by atoms with van der Waals surface area (Å²) < 4.78 is 43.2. The van der Waals surface area contributed by atoms with Gasteiger partial charge in [0.05, 0.1) is 16.7 Å². The minimum Gasteiger partial charge on any atom is -0.446 e. The summed E-state index contributed by atoms with van der Waals surface area (Å²) in [5.74, 6) is 0. The van der Waals surface area contributed by atoms with E-state index in [0.717, 1.165) is 10.0 Å². The summed E-state index contributed by atoms with van der Waals surface area (Å²) in [6.07, 6.45) is -0.547. The lowest BCUT2D eigenvalue weighted by Gasteiger charge is -2.25. The van der Waals surface area contributed by atoms with Gasteiger partial charge in [-0.2, -0.15) is 0 Å². The summed E-state index contributed by atoms with van der Waals surface area (Å²) in [5.41, 5.74) is 0.866. The standard InChI is InChI=1S/C26H33BrN2O7S/c1-26(2,3)36-25(31)29(4)15-18-14-20(10-13-23(18)37(32,33)21-11-12-21)28-24(30)35-16-22(34-5)17-6-8-19(27)9-7-17/h6-10,13-14,21-22H,11-12,15-16H2,1-5H3,(H,28,30)/t22-/m0/s1. The van der Waals surface area contributed by atoms with Crippen LogP contribution >= 0.6 is 15.9 Å². The second-order valence-corrected chi connectivity index (χ2v) is 13.0. The number of carbonyl (C=O) groups excluding carboxylic acids is 2. The van der Waals surface area contributed by atoms with Crippen LogP contribution in [0.3, 0.4) is 0 Å². The average Bonchev–Trinajstić information content (AvgIpc) is 3.66. The Bertz CT molecular complexity index is 1220. The van der Waals surface area contributed by atoms with Crippen molar-refractivity contribution < 1.29 is 32.2 Å². The second-order valence-electron chi connectivity index (χ2n) is 9.90. The summed E-state index contributed by atoms with van der Waals surface area (Å²) in [4.78, 5) is 26.5. The van der Waals surface area contributed by atoms with Crippen LogP contribution in [0.15, 0.2) is 51.8 Å². The number of nitrogens with one attached hydrogen (secondary N) is 1. The normalized spacial score (nSPS) is 14.5. The average molecular weight is 598 g/mol. The summed E-state index contributed by atoms with van der Waals surface area (Å²) in [7, 11) is -0.490. The fourth-order valence-corrected chi connectivity index (χ4v) is 5.69. The van der Waals surface area contributed by atoms with E-state index in [2.05, 4.69) is 21.2 Å². The topological polar surface area (TPSA) is 111 Å². The molecule has 0 unspecified atom stereocenters. The lowest BCUT2D eigenvalue weighted by Crippen LogP contribution is -2.34. The molecule has 2 aromatic rings. The molecule has 1 aliphatic carbocycles. The number of rotatable bonds is 9. The zero-order chi connectivity index (χ0) is 27.4. The summed E-state index contributed by atoms with van der Waals surface area (Å²) in [6, 6.07) is 12.0. The quantitative estimate of drug-likeness (QED) is 0.396. The van der Waals surface area contributed by atoms with Crippen molar-refractivity contribution in [2.45, 2.75) is 62.0 Å². The molecule has 1 aliphatic rings. The van der Waals surface area contributed by atoms with Crippen LogP contribution in [0.2, 0.25) is 0 Å². The number of halogens is 1. The highest BCUT2D eigenvalue weighted by atomic mass is 79.9. The minimum absolute atomic E-state index is 0.0178. The maximum atomic E-state index is 13.0. The Morgan fingerprint density at radius 1 is 1.14 bits per heavy atom. The summed E-state index contributed by atoms with van der Waals surface area (Å²) in [6.45, 7) is 5.22. The highest BCUT2D eigenvalue weighted by Crippen LogP contribution is 2.36. The van der Waals surface area contributed by atoms with Crippen molar-refractivity contribution in [3.05, 3.63) is 58.1 Å². The van der Waals surface area contributed by atoms with Gasteiger partial charge in [0.25, 0.3) is 0 Å². The molecule has 2 aromatic carbocycles. The third-order valence-electron chi connectivity index (χ3n) is 5.58. The number of ether oxygens (including phenoxy) is 3. The molecule has 0 saturated heterocycles. The van der Waals surface area contributed by atoms with Crippen molar-refractivity contribution in [1.29, 1.82) is 0 Å². The number of nitrogens with zero attached hydrogens (tertiary/aromatic N) is 1. The van der Waals surface area contributed by atoms with Crippen LogP contribution in [0, 0.1) is 0 Å². The van der Waals surface area contributed by atoms with Crippen molar-refractivity contribution in [3.63, 3.8) is 0 Å². The van der Waals surface area contributed by atoms with Gasteiger partial charge in [0.1, 0.15) is 18.3 Å². The second kappa shape index (κ2) is 11.8. The Hall–Kier alpha value is -2.63. The van der Waals surface area contributed by atoms with Crippen LogP contribution in [-0.4, -0.2) is 57.1 Å². The molecule has 11 heteroatoms. The molecule has 0 aromatic heterocycles. The number of hydrogen-bond acceptors (Lipinski definition) is 7. The van der Waals surface area contributed by atoms with Crippen LogP contribution < -0.4 is 5.32 Å². The number of carbonyl (C=O) groups is 2. The molecular formula is C26H33BrN2O7S. The van der Waals surface area contributed by atoms with Gasteiger partial charge in [0.2, 0.25) is 0 Å². The largest absolute Gasteiger partial charge is 0.446 e. The van der Waals surface area contributed by atoms with Crippen LogP contribution in [0.4, 0.5) is 15.3 Å². The Labute approximate surface area is 226 Å². The minimum atomic E-state index is -3.55. The molecule has 0 bridgehead atoms. The highest BCUT2D eigenvalue weighted by molar-refractivity contribution is 9.10. The van der Waals surface area contributed by atoms with Gasteiger partial charge in [-0.25, -0.2) is 18.0 Å². The SMILES string of the molecule is CO[C@@H](COC(=O)Nc1ccc(S(=O)(=O)C2CC2)c(CN(C)C(=O)OC(C)(C)C)c1)c1ccc(Br)cc1. The molecule has 1 N–H and O–H groups in total. The van der Waals surface area contributed by atoms with Crippen molar-refractivity contribution in [2.24, 2.45) is 0 Å². The molecule has 0 spiro atoms. The van der Waals surface area contributed by atoms with Crippen molar-refractivity contribution in [2.75, 3.05) is 26.1 Å². The van der Waals surface area contributed by atoms with Crippen LogP contribution in [0.25, 0.3) is 0 Å². The van der Waals surface area contributed by atoms with Gasteiger partial charge in [-0.15, -0.1) is 0 Å². The molecule has 202 valence electrons. The van der Waals surface area contributed by atoms with Gasteiger partial charge < -0.3 is 19.1 Å². The maximum Gasteiger partial charge on any atom is 0.411 e. The smallest absolute Gasteiger partial charge is 0.411 e. The number of benzene rings is 2. The first-order valence-electron chi connectivity index (χ1n) is 11.8. The number of sulfone groups is 1. The molecule has 2 amide bonds. The monoisotopic (exact) mass is 596 g/mol. The summed E-state index contributed by atoms with van der Waals surface area (Å²) in [5, 5.41) is 2.21. The van der Waals surface area contributed by atoms with Gasteiger partial charge >= 0.3 is 12.2 Å². The molecular weight excluding hydrogens is 564 g/mol. The third kappa shape index (κ3) is 8.18. The summed E-state index contributed by atoms with van der Waals surface area (Å²) >= 11 is 3.38. The number of methoxy groups -OCH3 is 1.